The summed E-state index contributed by atoms with van der Waals surface area (Å²) < 4.78 is 3.63. The number of hydrogen-bond acceptors (Lipinski definition) is 5. The SMILES string of the molecule is O=C(O)CC1CCCN1C(=O)c1cnns1. The smallest absolute Gasteiger partial charge is 0.305 e. The van der Waals surface area contributed by atoms with Crippen LogP contribution in [-0.4, -0.2) is 44.1 Å². The van der Waals surface area contributed by atoms with Gasteiger partial charge in [-0.1, -0.05) is 4.49 Å². The number of aliphatic carboxylic acids is 1. The van der Waals surface area contributed by atoms with Gasteiger partial charge in [0.1, 0.15) is 4.88 Å². The molecule has 1 unspecified atom stereocenters. The van der Waals surface area contributed by atoms with Gasteiger partial charge in [-0.3, -0.25) is 9.59 Å². The van der Waals surface area contributed by atoms with Crippen LogP contribution >= 0.6 is 11.5 Å². The first kappa shape index (κ1) is 11.0. The Morgan fingerprint density at radius 3 is 3.06 bits per heavy atom. The minimum absolute atomic E-state index is 0.0119. The first-order chi connectivity index (χ1) is 7.68. The van der Waals surface area contributed by atoms with Gasteiger partial charge in [0.2, 0.25) is 0 Å². The topological polar surface area (TPSA) is 83.4 Å². The fraction of sp³-hybridized carbons (Fsp3) is 0.556. The van der Waals surface area contributed by atoms with E-state index in [0.29, 0.717) is 11.4 Å². The molecule has 0 aromatic carbocycles. The van der Waals surface area contributed by atoms with E-state index in [1.54, 1.807) is 4.90 Å². The highest BCUT2D eigenvalue weighted by molar-refractivity contribution is 7.07. The number of carboxylic acids is 1. The molecule has 1 aromatic rings. The molecular weight excluding hydrogens is 230 g/mol. The molecular formula is C9H11N3O3S. The van der Waals surface area contributed by atoms with Gasteiger partial charge in [0.15, 0.2) is 0 Å². The fourth-order valence-electron chi connectivity index (χ4n) is 1.92. The number of carbonyl (C=O) groups excluding carboxylic acids is 1. The molecule has 2 rings (SSSR count). The van der Waals surface area contributed by atoms with Crippen LogP contribution in [0.5, 0.6) is 0 Å². The van der Waals surface area contributed by atoms with Crippen LogP contribution in [0.15, 0.2) is 6.20 Å². The second kappa shape index (κ2) is 4.56. The summed E-state index contributed by atoms with van der Waals surface area (Å²) in [5, 5.41) is 12.3. The van der Waals surface area contributed by atoms with Crippen molar-refractivity contribution in [3.8, 4) is 0 Å². The molecule has 1 fully saturated rings. The molecule has 1 aliphatic heterocycles. The molecule has 0 saturated carbocycles. The minimum atomic E-state index is -0.868. The zero-order valence-corrected chi connectivity index (χ0v) is 9.31. The average molecular weight is 241 g/mol. The summed E-state index contributed by atoms with van der Waals surface area (Å²) in [5.41, 5.74) is 0. The number of likely N-dealkylation sites (tertiary alicyclic amines) is 1. The third-order valence-electron chi connectivity index (χ3n) is 2.62. The maximum atomic E-state index is 12.0. The van der Waals surface area contributed by atoms with Crippen molar-refractivity contribution in [1.82, 2.24) is 14.5 Å². The van der Waals surface area contributed by atoms with E-state index < -0.39 is 5.97 Å². The van der Waals surface area contributed by atoms with Crippen LogP contribution < -0.4 is 0 Å². The molecule has 1 aliphatic rings. The predicted octanol–water partition coefficient (Wildman–Crippen LogP) is 0.617. The lowest BCUT2D eigenvalue weighted by molar-refractivity contribution is -0.137. The number of carboxylic acid groups (broad SMARTS) is 1. The molecule has 0 radical (unpaired) electrons. The van der Waals surface area contributed by atoms with Gasteiger partial charge in [0, 0.05) is 12.6 Å². The van der Waals surface area contributed by atoms with E-state index in [2.05, 4.69) is 9.59 Å². The third-order valence-corrected chi connectivity index (χ3v) is 3.27. The number of rotatable bonds is 3. The number of amides is 1. The van der Waals surface area contributed by atoms with Gasteiger partial charge in [0.05, 0.1) is 12.6 Å². The van der Waals surface area contributed by atoms with Gasteiger partial charge >= 0.3 is 5.97 Å². The Balaban J connectivity index is 2.08. The van der Waals surface area contributed by atoms with Crippen LogP contribution in [0.1, 0.15) is 28.9 Å². The Morgan fingerprint density at radius 2 is 2.44 bits per heavy atom. The molecule has 16 heavy (non-hydrogen) atoms. The molecule has 1 N–H and O–H groups in total. The van der Waals surface area contributed by atoms with Crippen molar-refractivity contribution < 1.29 is 14.7 Å². The highest BCUT2D eigenvalue weighted by Gasteiger charge is 2.31. The molecule has 1 saturated heterocycles. The van der Waals surface area contributed by atoms with E-state index in [1.165, 1.54) is 6.20 Å². The van der Waals surface area contributed by atoms with Gasteiger partial charge in [-0.05, 0) is 24.4 Å². The van der Waals surface area contributed by atoms with Crippen LogP contribution in [0, 0.1) is 0 Å². The van der Waals surface area contributed by atoms with E-state index >= 15 is 0 Å². The first-order valence-electron chi connectivity index (χ1n) is 4.98. The number of aromatic nitrogens is 2. The lowest BCUT2D eigenvalue weighted by atomic mass is 10.1. The normalized spacial score (nSPS) is 20.0. The van der Waals surface area contributed by atoms with Crippen molar-refractivity contribution in [2.75, 3.05) is 6.54 Å². The second-order valence-corrected chi connectivity index (χ2v) is 4.46. The largest absolute Gasteiger partial charge is 0.481 e. The second-order valence-electron chi connectivity index (χ2n) is 3.67. The molecule has 0 bridgehead atoms. The standard InChI is InChI=1S/C9H11N3O3S/c13-8(14)4-6-2-1-3-12(6)9(15)7-5-10-11-16-7/h5-6H,1-4H2,(H,13,14). The maximum Gasteiger partial charge on any atom is 0.305 e. The van der Waals surface area contributed by atoms with E-state index in [-0.39, 0.29) is 18.4 Å². The number of hydrogen-bond donors (Lipinski definition) is 1. The molecule has 1 amide bonds. The molecule has 86 valence electrons. The Kier molecular flexibility index (Phi) is 3.14. The first-order valence-corrected chi connectivity index (χ1v) is 5.76. The lowest BCUT2D eigenvalue weighted by Crippen LogP contribution is -2.36. The van der Waals surface area contributed by atoms with Gasteiger partial charge in [-0.2, -0.15) is 0 Å². The number of nitrogens with zero attached hydrogens (tertiary/aromatic N) is 3. The molecule has 6 nitrogen and oxygen atoms in total. The molecule has 1 atom stereocenters. The van der Waals surface area contributed by atoms with Crippen LogP contribution in [0.4, 0.5) is 0 Å². The quantitative estimate of drug-likeness (QED) is 0.838. The molecule has 0 aliphatic carbocycles. The Bertz CT molecular complexity index is 393. The molecule has 2 heterocycles. The minimum Gasteiger partial charge on any atom is -0.481 e. The van der Waals surface area contributed by atoms with Crippen molar-refractivity contribution >= 4 is 23.4 Å². The van der Waals surface area contributed by atoms with E-state index in [9.17, 15) is 9.59 Å². The highest BCUT2D eigenvalue weighted by atomic mass is 32.1. The van der Waals surface area contributed by atoms with Crippen LogP contribution in [0.3, 0.4) is 0 Å². The van der Waals surface area contributed by atoms with Crippen molar-refractivity contribution in [1.29, 1.82) is 0 Å². The third kappa shape index (κ3) is 2.19. The average Bonchev–Trinajstić information content (AvgIpc) is 2.84. The maximum absolute atomic E-state index is 12.0. The van der Waals surface area contributed by atoms with Crippen LogP contribution in [0.2, 0.25) is 0 Å². The fourth-order valence-corrected chi connectivity index (χ4v) is 2.39. The van der Waals surface area contributed by atoms with Crippen molar-refractivity contribution in [2.45, 2.75) is 25.3 Å². The number of carbonyl (C=O) groups is 2. The summed E-state index contributed by atoms with van der Waals surface area (Å²) in [6.07, 6.45) is 3.04. The summed E-state index contributed by atoms with van der Waals surface area (Å²) in [4.78, 5) is 24.7. The van der Waals surface area contributed by atoms with Crippen LogP contribution in [-0.2, 0) is 4.79 Å². The highest BCUT2D eigenvalue weighted by Crippen LogP contribution is 2.23. The van der Waals surface area contributed by atoms with E-state index in [1.807, 2.05) is 0 Å². The predicted molar refractivity (Wildman–Crippen MR) is 56.2 cm³/mol. The summed E-state index contributed by atoms with van der Waals surface area (Å²) in [6, 6.07) is -0.188. The molecule has 7 heteroatoms. The van der Waals surface area contributed by atoms with Gasteiger partial charge in [0.25, 0.3) is 5.91 Å². The van der Waals surface area contributed by atoms with E-state index in [4.69, 9.17) is 5.11 Å². The zero-order chi connectivity index (χ0) is 11.5. The zero-order valence-electron chi connectivity index (χ0n) is 8.50. The Morgan fingerprint density at radius 1 is 1.62 bits per heavy atom. The summed E-state index contributed by atoms with van der Waals surface area (Å²) in [6.45, 7) is 0.620. The monoisotopic (exact) mass is 241 g/mol. The summed E-state index contributed by atoms with van der Waals surface area (Å²) >= 11 is 1.04. The Labute approximate surface area is 96.0 Å². The van der Waals surface area contributed by atoms with Crippen molar-refractivity contribution in [2.24, 2.45) is 0 Å². The molecule has 0 spiro atoms. The van der Waals surface area contributed by atoms with Gasteiger partial charge in [-0.15, -0.1) is 5.10 Å². The summed E-state index contributed by atoms with van der Waals surface area (Å²) in [5.74, 6) is -1.02. The molecule has 1 aromatic heterocycles. The van der Waals surface area contributed by atoms with Gasteiger partial charge < -0.3 is 10.0 Å². The van der Waals surface area contributed by atoms with E-state index in [0.717, 1.165) is 24.4 Å². The van der Waals surface area contributed by atoms with Crippen molar-refractivity contribution in [3.05, 3.63) is 11.1 Å². The van der Waals surface area contributed by atoms with Crippen LogP contribution in [0.25, 0.3) is 0 Å². The summed E-state index contributed by atoms with van der Waals surface area (Å²) in [7, 11) is 0. The van der Waals surface area contributed by atoms with Crippen molar-refractivity contribution in [3.63, 3.8) is 0 Å². The Hall–Kier alpha value is -1.50. The lowest BCUT2D eigenvalue weighted by Gasteiger charge is -2.22. The van der Waals surface area contributed by atoms with Gasteiger partial charge in [-0.25, -0.2) is 0 Å².